The molecule has 0 heterocycles. The molecule has 1 aromatic rings. The van der Waals surface area contributed by atoms with Crippen LogP contribution in [0.3, 0.4) is 0 Å². The molecule has 0 bridgehead atoms. The van der Waals surface area contributed by atoms with Crippen LogP contribution in [0, 0.1) is 6.92 Å². The number of hydrogen-bond acceptors (Lipinski definition) is 2. The zero-order chi connectivity index (χ0) is 10.2. The van der Waals surface area contributed by atoms with E-state index in [1.165, 1.54) is 6.07 Å². The lowest BCUT2D eigenvalue weighted by Crippen LogP contribution is -2.04. The maximum absolute atomic E-state index is 10.8. The summed E-state index contributed by atoms with van der Waals surface area (Å²) in [5.41, 5.74) is 6.57. The van der Waals surface area contributed by atoms with E-state index in [1.54, 1.807) is 6.92 Å². The van der Waals surface area contributed by atoms with Crippen LogP contribution in [-0.2, 0) is 0 Å². The van der Waals surface area contributed by atoms with E-state index < -0.39 is 5.97 Å². The van der Waals surface area contributed by atoms with Gasteiger partial charge >= 0.3 is 5.97 Å². The molecule has 70 valence electrons. The summed E-state index contributed by atoms with van der Waals surface area (Å²) in [4.78, 5) is 10.8. The zero-order valence-electron chi connectivity index (χ0n) is 6.77. The van der Waals surface area contributed by atoms with Crippen molar-refractivity contribution in [2.75, 3.05) is 5.73 Å². The third-order valence-electron chi connectivity index (χ3n) is 1.73. The lowest BCUT2D eigenvalue weighted by molar-refractivity contribution is 0.0695. The first-order chi connectivity index (χ1) is 5.95. The van der Waals surface area contributed by atoms with E-state index >= 15 is 0 Å². The third kappa shape index (κ3) is 1.78. The second-order valence-corrected chi connectivity index (χ2v) is 3.77. The number of benzene rings is 1. The molecule has 0 aliphatic heterocycles. The van der Waals surface area contributed by atoms with Crippen LogP contribution in [0.5, 0.6) is 0 Å². The van der Waals surface area contributed by atoms with Crippen LogP contribution in [0.15, 0.2) is 10.5 Å². The molecule has 0 radical (unpaired) electrons. The summed E-state index contributed by atoms with van der Waals surface area (Å²) in [6.45, 7) is 1.64. The van der Waals surface area contributed by atoms with Gasteiger partial charge in [0.25, 0.3) is 0 Å². The maximum Gasteiger partial charge on any atom is 0.337 e. The normalized spacial score (nSPS) is 10.1. The Morgan fingerprint density at radius 3 is 2.69 bits per heavy atom. The summed E-state index contributed by atoms with van der Waals surface area (Å²) in [6.07, 6.45) is 0. The van der Waals surface area contributed by atoms with Crippen molar-refractivity contribution in [3.05, 3.63) is 26.7 Å². The fourth-order valence-corrected chi connectivity index (χ4v) is 1.78. The lowest BCUT2D eigenvalue weighted by Gasteiger charge is -2.08. The molecule has 0 saturated heterocycles. The predicted octanol–water partition coefficient (Wildman–Crippen LogP) is 2.69. The van der Waals surface area contributed by atoms with Crippen LogP contribution >= 0.6 is 27.5 Å². The van der Waals surface area contributed by atoms with Crippen LogP contribution in [0.25, 0.3) is 0 Å². The summed E-state index contributed by atoms with van der Waals surface area (Å²) in [5.74, 6) is -1.04. The summed E-state index contributed by atoms with van der Waals surface area (Å²) < 4.78 is 0.369. The van der Waals surface area contributed by atoms with Crippen molar-refractivity contribution in [2.45, 2.75) is 6.92 Å². The number of nitrogens with two attached hydrogens (primary N) is 1. The summed E-state index contributed by atoms with van der Waals surface area (Å²) >= 11 is 8.84. The van der Waals surface area contributed by atoms with E-state index in [9.17, 15) is 4.79 Å². The molecule has 0 aromatic heterocycles. The number of anilines is 1. The SMILES string of the molecule is Cc1c(N)cc(Cl)c(Br)c1C(=O)O. The predicted molar refractivity (Wildman–Crippen MR) is 55.3 cm³/mol. The summed E-state index contributed by atoms with van der Waals surface area (Å²) in [6, 6.07) is 1.52. The molecule has 0 aliphatic rings. The highest BCUT2D eigenvalue weighted by atomic mass is 79.9. The van der Waals surface area contributed by atoms with Gasteiger partial charge in [0, 0.05) is 5.69 Å². The van der Waals surface area contributed by atoms with Gasteiger partial charge in [-0.3, -0.25) is 0 Å². The van der Waals surface area contributed by atoms with Gasteiger partial charge in [0.15, 0.2) is 0 Å². The first kappa shape index (κ1) is 10.3. The molecule has 0 spiro atoms. The van der Waals surface area contributed by atoms with E-state index in [0.29, 0.717) is 20.7 Å². The minimum atomic E-state index is -1.04. The van der Waals surface area contributed by atoms with Crippen molar-refractivity contribution in [3.63, 3.8) is 0 Å². The maximum atomic E-state index is 10.8. The van der Waals surface area contributed by atoms with Crippen molar-refractivity contribution in [3.8, 4) is 0 Å². The number of hydrogen-bond donors (Lipinski definition) is 2. The third-order valence-corrected chi connectivity index (χ3v) is 3.08. The number of nitrogen functional groups attached to an aromatic ring is 1. The standard InChI is InChI=1S/C8H7BrClNO2/c1-3-5(11)2-4(10)7(9)6(3)8(12)13/h2H,11H2,1H3,(H,12,13). The average Bonchev–Trinajstić information content (AvgIpc) is 2.01. The molecular weight excluding hydrogens is 257 g/mol. The van der Waals surface area contributed by atoms with Gasteiger partial charge < -0.3 is 10.8 Å². The van der Waals surface area contributed by atoms with Crippen molar-refractivity contribution < 1.29 is 9.90 Å². The number of carbonyl (C=O) groups is 1. The summed E-state index contributed by atoms with van der Waals surface area (Å²) in [7, 11) is 0. The number of halogens is 2. The highest BCUT2D eigenvalue weighted by Gasteiger charge is 2.16. The van der Waals surface area contributed by atoms with Crippen LogP contribution in [0.2, 0.25) is 5.02 Å². The van der Waals surface area contributed by atoms with Crippen LogP contribution in [-0.4, -0.2) is 11.1 Å². The second-order valence-electron chi connectivity index (χ2n) is 2.57. The van der Waals surface area contributed by atoms with E-state index in [-0.39, 0.29) is 5.56 Å². The quantitative estimate of drug-likeness (QED) is 0.767. The zero-order valence-corrected chi connectivity index (χ0v) is 9.11. The van der Waals surface area contributed by atoms with Crippen molar-refractivity contribution >= 4 is 39.2 Å². The lowest BCUT2D eigenvalue weighted by atomic mass is 10.1. The van der Waals surface area contributed by atoms with Gasteiger partial charge in [-0.1, -0.05) is 11.6 Å². The molecule has 13 heavy (non-hydrogen) atoms. The largest absolute Gasteiger partial charge is 0.478 e. The van der Waals surface area contributed by atoms with Crippen molar-refractivity contribution in [2.24, 2.45) is 0 Å². The molecule has 0 unspecified atom stereocenters. The minimum absolute atomic E-state index is 0.116. The molecule has 0 amide bonds. The Kier molecular flexibility index (Phi) is 2.83. The van der Waals surface area contributed by atoms with Gasteiger partial charge in [0.1, 0.15) is 0 Å². The van der Waals surface area contributed by atoms with Crippen molar-refractivity contribution in [1.29, 1.82) is 0 Å². The van der Waals surface area contributed by atoms with Crippen LogP contribution in [0.1, 0.15) is 15.9 Å². The molecule has 0 atom stereocenters. The second kappa shape index (κ2) is 3.55. The number of carboxylic acid groups (broad SMARTS) is 1. The smallest absolute Gasteiger partial charge is 0.337 e. The molecule has 1 rings (SSSR count). The van der Waals surface area contributed by atoms with E-state index in [1.807, 2.05) is 0 Å². The Labute approximate surface area is 88.6 Å². The van der Waals surface area contributed by atoms with Gasteiger partial charge in [0.05, 0.1) is 15.1 Å². The minimum Gasteiger partial charge on any atom is -0.478 e. The molecule has 3 N–H and O–H groups in total. The molecule has 0 aliphatic carbocycles. The highest BCUT2D eigenvalue weighted by molar-refractivity contribution is 9.10. The Bertz CT molecular complexity index is 353. The monoisotopic (exact) mass is 263 g/mol. The van der Waals surface area contributed by atoms with Crippen LogP contribution < -0.4 is 5.73 Å². The van der Waals surface area contributed by atoms with Gasteiger partial charge in [-0.2, -0.15) is 0 Å². The molecule has 5 heteroatoms. The van der Waals surface area contributed by atoms with E-state index in [2.05, 4.69) is 15.9 Å². The van der Waals surface area contributed by atoms with Gasteiger partial charge in [-0.15, -0.1) is 0 Å². The van der Waals surface area contributed by atoms with Crippen molar-refractivity contribution in [1.82, 2.24) is 0 Å². The fourth-order valence-electron chi connectivity index (χ4n) is 0.991. The summed E-state index contributed by atoms with van der Waals surface area (Å²) in [5, 5.41) is 9.16. The van der Waals surface area contributed by atoms with E-state index in [4.69, 9.17) is 22.4 Å². The highest BCUT2D eigenvalue weighted by Crippen LogP contribution is 2.32. The Morgan fingerprint density at radius 1 is 1.69 bits per heavy atom. The Balaban J connectivity index is 3.56. The molecule has 1 aromatic carbocycles. The molecule has 0 saturated carbocycles. The first-order valence-corrected chi connectivity index (χ1v) is 4.59. The first-order valence-electron chi connectivity index (χ1n) is 3.42. The number of rotatable bonds is 1. The molecule has 0 fully saturated rings. The van der Waals surface area contributed by atoms with E-state index in [0.717, 1.165) is 0 Å². The molecular formula is C8H7BrClNO2. The van der Waals surface area contributed by atoms with Crippen LogP contribution in [0.4, 0.5) is 5.69 Å². The number of carboxylic acids is 1. The molecule has 3 nitrogen and oxygen atoms in total. The topological polar surface area (TPSA) is 63.3 Å². The number of aromatic carboxylic acids is 1. The average molecular weight is 265 g/mol. The Hall–Kier alpha value is -0.740. The fraction of sp³-hybridized carbons (Fsp3) is 0.125. The van der Waals surface area contributed by atoms with Gasteiger partial charge in [-0.25, -0.2) is 4.79 Å². The van der Waals surface area contributed by atoms with Gasteiger partial charge in [0.2, 0.25) is 0 Å². The Morgan fingerprint density at radius 2 is 2.23 bits per heavy atom. The van der Waals surface area contributed by atoms with Gasteiger partial charge in [-0.05, 0) is 34.5 Å².